The summed E-state index contributed by atoms with van der Waals surface area (Å²) in [4.78, 5) is 12.0. The predicted octanol–water partition coefficient (Wildman–Crippen LogP) is 0.810. The molecular formula is C15H20N4O3S. The van der Waals surface area contributed by atoms with E-state index in [-0.39, 0.29) is 17.7 Å². The van der Waals surface area contributed by atoms with Crippen LogP contribution in [-0.4, -0.2) is 31.2 Å². The molecule has 1 amide bonds. The summed E-state index contributed by atoms with van der Waals surface area (Å²) in [6.45, 7) is 2.15. The Kier molecular flexibility index (Phi) is 5.51. The van der Waals surface area contributed by atoms with Crippen molar-refractivity contribution in [1.82, 2.24) is 19.8 Å². The molecule has 1 atom stereocenters. The second-order valence-electron chi connectivity index (χ2n) is 5.16. The topological polar surface area (TPSA) is 93.1 Å². The molecule has 2 rings (SSSR count). The lowest BCUT2D eigenvalue weighted by Gasteiger charge is -2.13. The van der Waals surface area contributed by atoms with E-state index in [4.69, 9.17) is 0 Å². The second kappa shape index (κ2) is 7.38. The lowest BCUT2D eigenvalue weighted by molar-refractivity contribution is -0.124. The fraction of sp³-hybridized carbons (Fsp3) is 0.333. The molecule has 0 aliphatic heterocycles. The zero-order valence-electron chi connectivity index (χ0n) is 13.1. The Balaban J connectivity index is 1.90. The highest BCUT2D eigenvalue weighted by atomic mass is 32.2. The van der Waals surface area contributed by atoms with Crippen LogP contribution in [0.2, 0.25) is 0 Å². The van der Waals surface area contributed by atoms with Crippen LogP contribution < -0.4 is 10.0 Å². The quantitative estimate of drug-likeness (QED) is 0.782. The van der Waals surface area contributed by atoms with Crippen molar-refractivity contribution in [3.05, 3.63) is 53.9 Å². The molecule has 0 radical (unpaired) electrons. The molecule has 8 heteroatoms. The summed E-state index contributed by atoms with van der Waals surface area (Å²) in [7, 11) is -1.89. The van der Waals surface area contributed by atoms with Crippen molar-refractivity contribution in [3.8, 4) is 0 Å². The van der Waals surface area contributed by atoms with Crippen LogP contribution in [0.3, 0.4) is 0 Å². The Labute approximate surface area is 135 Å². The van der Waals surface area contributed by atoms with Gasteiger partial charge in [-0.2, -0.15) is 5.10 Å². The third kappa shape index (κ3) is 4.90. The number of benzene rings is 1. The minimum absolute atomic E-state index is 0.0630. The summed E-state index contributed by atoms with van der Waals surface area (Å²) >= 11 is 0. The first-order valence-electron chi connectivity index (χ1n) is 7.17. The first-order valence-corrected chi connectivity index (χ1v) is 8.82. The van der Waals surface area contributed by atoms with Crippen LogP contribution in [0.1, 0.15) is 24.1 Å². The van der Waals surface area contributed by atoms with Crippen LogP contribution in [0.5, 0.6) is 0 Å². The second-order valence-corrected chi connectivity index (χ2v) is 7.09. The van der Waals surface area contributed by atoms with E-state index in [2.05, 4.69) is 15.1 Å². The van der Waals surface area contributed by atoms with Gasteiger partial charge in [-0.05, 0) is 31.2 Å². The van der Waals surface area contributed by atoms with Gasteiger partial charge in [0.25, 0.3) is 0 Å². The molecule has 7 nitrogen and oxygen atoms in total. The zero-order chi connectivity index (χ0) is 16.9. The molecule has 0 bridgehead atoms. The number of nitrogens with zero attached hydrogens (tertiary/aromatic N) is 2. The number of aromatic nitrogens is 2. The predicted molar refractivity (Wildman–Crippen MR) is 86.9 cm³/mol. The molecule has 0 saturated carbocycles. The number of amides is 1. The van der Waals surface area contributed by atoms with Crippen molar-refractivity contribution in [2.75, 3.05) is 7.05 Å². The van der Waals surface area contributed by atoms with Gasteiger partial charge in [-0.1, -0.05) is 24.3 Å². The molecule has 0 aliphatic carbocycles. The van der Waals surface area contributed by atoms with E-state index in [0.717, 1.165) is 5.56 Å². The Morgan fingerprint density at radius 1 is 1.26 bits per heavy atom. The van der Waals surface area contributed by atoms with E-state index in [9.17, 15) is 13.2 Å². The minimum atomic E-state index is -3.28. The number of carbonyl (C=O) groups excluding carboxylic acids is 1. The van der Waals surface area contributed by atoms with E-state index < -0.39 is 10.0 Å². The first kappa shape index (κ1) is 17.2. The Hall–Kier alpha value is -2.19. The summed E-state index contributed by atoms with van der Waals surface area (Å²) in [6.07, 6.45) is 3.36. The number of sulfonamides is 1. The third-order valence-corrected chi connectivity index (χ3v) is 4.79. The van der Waals surface area contributed by atoms with Gasteiger partial charge in [0.05, 0.1) is 5.75 Å². The van der Waals surface area contributed by atoms with Gasteiger partial charge in [-0.25, -0.2) is 13.1 Å². The van der Waals surface area contributed by atoms with Gasteiger partial charge in [-0.3, -0.25) is 9.48 Å². The summed E-state index contributed by atoms with van der Waals surface area (Å²) in [5, 5.41) is 6.87. The minimum Gasteiger partial charge on any atom is -0.350 e. The van der Waals surface area contributed by atoms with Gasteiger partial charge in [0.2, 0.25) is 15.9 Å². The van der Waals surface area contributed by atoms with Crippen molar-refractivity contribution < 1.29 is 13.2 Å². The fourth-order valence-electron chi connectivity index (χ4n) is 2.01. The fourth-order valence-corrected chi connectivity index (χ4v) is 2.79. The van der Waals surface area contributed by atoms with E-state index >= 15 is 0 Å². The van der Waals surface area contributed by atoms with Crippen molar-refractivity contribution in [1.29, 1.82) is 0 Å². The van der Waals surface area contributed by atoms with E-state index in [1.54, 1.807) is 54.3 Å². The number of nitrogens with one attached hydrogen (secondary N) is 2. The molecule has 124 valence electrons. The lowest BCUT2D eigenvalue weighted by atomic mass is 10.1. The van der Waals surface area contributed by atoms with E-state index in [1.165, 1.54) is 7.05 Å². The molecular weight excluding hydrogens is 316 g/mol. The molecule has 23 heavy (non-hydrogen) atoms. The highest BCUT2D eigenvalue weighted by Crippen LogP contribution is 2.09. The molecule has 1 aromatic carbocycles. The van der Waals surface area contributed by atoms with Crippen LogP contribution in [-0.2, 0) is 27.1 Å². The standard InChI is InChI=1S/C15H20N4O3S/c1-12(19-9-3-8-18-19)15(20)17-10-13-4-6-14(7-5-13)11-23(21,22)16-2/h3-9,12,16H,10-11H2,1-2H3,(H,17,20). The van der Waals surface area contributed by atoms with Crippen LogP contribution in [0, 0.1) is 0 Å². The molecule has 1 unspecified atom stereocenters. The third-order valence-electron chi connectivity index (χ3n) is 3.46. The number of hydrogen-bond donors (Lipinski definition) is 2. The maximum absolute atomic E-state index is 12.0. The summed E-state index contributed by atoms with van der Waals surface area (Å²) in [5.74, 6) is -0.192. The van der Waals surface area contributed by atoms with Gasteiger partial charge >= 0.3 is 0 Å². The van der Waals surface area contributed by atoms with Crippen molar-refractivity contribution in [2.45, 2.75) is 25.3 Å². The van der Waals surface area contributed by atoms with Crippen molar-refractivity contribution in [2.24, 2.45) is 0 Å². The maximum Gasteiger partial charge on any atom is 0.244 e. The number of rotatable bonds is 7. The average Bonchev–Trinajstić information content (AvgIpc) is 3.07. The normalized spacial score (nSPS) is 12.8. The summed E-state index contributed by atoms with van der Waals surface area (Å²) < 4.78 is 26.8. The lowest BCUT2D eigenvalue weighted by Crippen LogP contribution is -2.30. The molecule has 1 aromatic heterocycles. The number of carbonyl (C=O) groups is 1. The first-order chi connectivity index (χ1) is 10.9. The van der Waals surface area contributed by atoms with E-state index in [1.807, 2.05) is 0 Å². The molecule has 0 aliphatic rings. The van der Waals surface area contributed by atoms with Crippen molar-refractivity contribution in [3.63, 3.8) is 0 Å². The molecule has 2 aromatic rings. The van der Waals surface area contributed by atoms with Crippen LogP contribution >= 0.6 is 0 Å². The Morgan fingerprint density at radius 2 is 1.91 bits per heavy atom. The van der Waals surface area contributed by atoms with Gasteiger partial charge < -0.3 is 5.32 Å². The van der Waals surface area contributed by atoms with Crippen LogP contribution in [0.15, 0.2) is 42.7 Å². The largest absolute Gasteiger partial charge is 0.350 e. The maximum atomic E-state index is 12.0. The smallest absolute Gasteiger partial charge is 0.244 e. The van der Waals surface area contributed by atoms with Gasteiger partial charge in [0.15, 0.2) is 0 Å². The number of hydrogen-bond acceptors (Lipinski definition) is 4. The van der Waals surface area contributed by atoms with Crippen LogP contribution in [0.4, 0.5) is 0 Å². The highest BCUT2D eigenvalue weighted by molar-refractivity contribution is 7.88. The van der Waals surface area contributed by atoms with Crippen molar-refractivity contribution >= 4 is 15.9 Å². The molecule has 2 N–H and O–H groups in total. The zero-order valence-corrected chi connectivity index (χ0v) is 13.9. The summed E-state index contributed by atoms with van der Waals surface area (Å²) in [6, 6.07) is 8.48. The SMILES string of the molecule is CNS(=O)(=O)Cc1ccc(CNC(=O)C(C)n2cccn2)cc1. The van der Waals surface area contributed by atoms with Gasteiger partial charge in [0.1, 0.15) is 6.04 Å². The average molecular weight is 336 g/mol. The Bertz CT molecular complexity index is 740. The van der Waals surface area contributed by atoms with Gasteiger partial charge in [-0.15, -0.1) is 0 Å². The van der Waals surface area contributed by atoms with Crippen LogP contribution in [0.25, 0.3) is 0 Å². The van der Waals surface area contributed by atoms with E-state index in [0.29, 0.717) is 12.1 Å². The molecule has 0 saturated heterocycles. The summed E-state index contributed by atoms with van der Waals surface area (Å²) in [5.41, 5.74) is 1.59. The molecule has 0 spiro atoms. The Morgan fingerprint density at radius 3 is 2.48 bits per heavy atom. The monoisotopic (exact) mass is 336 g/mol. The van der Waals surface area contributed by atoms with Gasteiger partial charge in [0, 0.05) is 18.9 Å². The highest BCUT2D eigenvalue weighted by Gasteiger charge is 2.14. The molecule has 0 fully saturated rings. The molecule has 1 heterocycles.